The van der Waals surface area contributed by atoms with Crippen LogP contribution in [0.3, 0.4) is 0 Å². The second-order valence-electron chi connectivity index (χ2n) is 9.42. The first-order valence-electron chi connectivity index (χ1n) is 11.9. The lowest BCUT2D eigenvalue weighted by molar-refractivity contribution is -0.142. The number of carbonyl (C=O) groups is 1. The molecule has 0 spiro atoms. The molecule has 3 aromatic rings. The number of amides is 1. The lowest BCUT2D eigenvalue weighted by Gasteiger charge is -2.35. The van der Waals surface area contributed by atoms with Crippen molar-refractivity contribution in [2.75, 3.05) is 18.7 Å². The summed E-state index contributed by atoms with van der Waals surface area (Å²) in [7, 11) is -2.31. The fourth-order valence-corrected chi connectivity index (χ4v) is 4.96. The summed E-state index contributed by atoms with van der Waals surface area (Å²) >= 11 is 0. The van der Waals surface area contributed by atoms with E-state index in [0.29, 0.717) is 24.1 Å². The third kappa shape index (κ3) is 5.42. The third-order valence-corrected chi connectivity index (χ3v) is 7.74. The van der Waals surface area contributed by atoms with Crippen molar-refractivity contribution < 1.29 is 35.9 Å². The molecule has 0 aliphatic heterocycles. The molecule has 1 saturated carbocycles. The van der Waals surface area contributed by atoms with Crippen LogP contribution in [0.15, 0.2) is 35.2 Å². The van der Waals surface area contributed by atoms with Gasteiger partial charge in [-0.3, -0.25) is 4.79 Å². The predicted molar refractivity (Wildman–Crippen MR) is 136 cm³/mol. The minimum atomic E-state index is -4.92. The summed E-state index contributed by atoms with van der Waals surface area (Å²) in [4.78, 5) is 17.6. The summed E-state index contributed by atoms with van der Waals surface area (Å²) in [6.45, 7) is 2.68. The van der Waals surface area contributed by atoms with Crippen LogP contribution >= 0.6 is 0 Å². The highest BCUT2D eigenvalue weighted by Crippen LogP contribution is 2.45. The number of nitrogens with one attached hydrogen (secondary N) is 1. The number of methoxy groups -OCH3 is 1. The number of alkyl halides is 3. The summed E-state index contributed by atoms with van der Waals surface area (Å²) in [6, 6.07) is 9.15. The summed E-state index contributed by atoms with van der Waals surface area (Å²) in [5.41, 5.74) is -2.37. The van der Waals surface area contributed by atoms with Crippen molar-refractivity contribution in [3.63, 3.8) is 0 Å². The topological polar surface area (TPSA) is 144 Å². The number of nitrogens with zero attached hydrogens (tertiary/aromatic N) is 4. The number of hydrogen-bond acceptors (Lipinski definition) is 9. The molecule has 4 rings (SSSR count). The van der Waals surface area contributed by atoms with Gasteiger partial charge in [0.2, 0.25) is 0 Å². The first kappa shape index (κ1) is 28.8. The lowest BCUT2D eigenvalue weighted by atomic mass is 9.67. The summed E-state index contributed by atoms with van der Waals surface area (Å²) < 4.78 is 76.1. The molecular weight excluding hydrogens is 551 g/mol. The molecule has 10 nitrogen and oxygen atoms in total. The summed E-state index contributed by atoms with van der Waals surface area (Å²) in [5.74, 6) is -1.68. The molecular formula is C26H24F3N5O5S. The normalized spacial score (nSPS) is 14.6. The maximum Gasteiger partial charge on any atom is 0.435 e. The third-order valence-electron chi connectivity index (χ3n) is 6.63. The Morgan fingerprint density at radius 2 is 1.85 bits per heavy atom. The standard InChI is InChI=1S/C26H24F3N5O5S/c1-14-11-18(25(13-30)9-6-10-25)32-24(38-3)20(14)39-23-19(15(2)21(33-34-23)26(27,28)29)22(35)31-16-7-5-8-17(12-16)40(4,36)37/h5,7-8,11-12H,6,9-10H2,1-4H3,(H,31,35). The largest absolute Gasteiger partial charge is 0.478 e. The van der Waals surface area contributed by atoms with E-state index in [2.05, 4.69) is 26.6 Å². The molecule has 1 N–H and O–H groups in total. The van der Waals surface area contributed by atoms with Gasteiger partial charge in [-0.2, -0.15) is 18.4 Å². The number of pyridine rings is 1. The van der Waals surface area contributed by atoms with E-state index < -0.39 is 50.0 Å². The van der Waals surface area contributed by atoms with E-state index in [-0.39, 0.29) is 22.2 Å². The molecule has 14 heteroatoms. The Morgan fingerprint density at radius 1 is 1.15 bits per heavy atom. The van der Waals surface area contributed by atoms with Crippen molar-refractivity contribution in [1.82, 2.24) is 15.2 Å². The molecule has 0 saturated heterocycles. The van der Waals surface area contributed by atoms with Crippen molar-refractivity contribution in [2.45, 2.75) is 49.6 Å². The molecule has 0 atom stereocenters. The maximum atomic E-state index is 13.7. The number of hydrogen-bond donors (Lipinski definition) is 1. The van der Waals surface area contributed by atoms with Crippen LogP contribution in [0, 0.1) is 25.2 Å². The van der Waals surface area contributed by atoms with Crippen LogP contribution in [0.25, 0.3) is 0 Å². The minimum Gasteiger partial charge on any atom is -0.478 e. The monoisotopic (exact) mass is 575 g/mol. The Hall–Kier alpha value is -4.25. The van der Waals surface area contributed by atoms with Crippen molar-refractivity contribution in [2.24, 2.45) is 0 Å². The van der Waals surface area contributed by atoms with Gasteiger partial charge in [0.1, 0.15) is 5.56 Å². The van der Waals surface area contributed by atoms with E-state index in [1.807, 2.05) is 0 Å². The van der Waals surface area contributed by atoms with E-state index in [0.717, 1.165) is 19.6 Å². The Morgan fingerprint density at radius 3 is 2.40 bits per heavy atom. The smallest absolute Gasteiger partial charge is 0.435 e. The zero-order chi connectivity index (χ0) is 29.5. The van der Waals surface area contributed by atoms with Crippen molar-refractivity contribution in [3.05, 3.63) is 58.4 Å². The molecule has 1 amide bonds. The zero-order valence-electron chi connectivity index (χ0n) is 21.9. The molecule has 210 valence electrons. The Kier molecular flexibility index (Phi) is 7.46. The number of carbonyl (C=O) groups excluding carboxylic acids is 1. The van der Waals surface area contributed by atoms with Gasteiger partial charge in [-0.25, -0.2) is 13.4 Å². The highest BCUT2D eigenvalue weighted by molar-refractivity contribution is 7.90. The van der Waals surface area contributed by atoms with Gasteiger partial charge in [-0.05, 0) is 68.5 Å². The first-order chi connectivity index (χ1) is 18.7. The first-order valence-corrected chi connectivity index (χ1v) is 13.8. The molecule has 1 fully saturated rings. The SMILES string of the molecule is COc1nc(C2(C#N)CCC2)cc(C)c1Oc1nnc(C(F)(F)F)c(C)c1C(=O)Nc1cccc(S(C)(=O)=O)c1. The van der Waals surface area contributed by atoms with Crippen LogP contribution < -0.4 is 14.8 Å². The quantitative estimate of drug-likeness (QED) is 0.415. The zero-order valence-corrected chi connectivity index (χ0v) is 22.7. The van der Waals surface area contributed by atoms with Crippen LogP contribution in [-0.2, 0) is 21.4 Å². The van der Waals surface area contributed by atoms with E-state index >= 15 is 0 Å². The number of benzene rings is 1. The van der Waals surface area contributed by atoms with Gasteiger partial charge in [-0.15, -0.1) is 10.2 Å². The van der Waals surface area contributed by atoms with Crippen molar-refractivity contribution in [3.8, 4) is 23.6 Å². The van der Waals surface area contributed by atoms with Gasteiger partial charge >= 0.3 is 6.18 Å². The average Bonchev–Trinajstić information content (AvgIpc) is 2.84. The van der Waals surface area contributed by atoms with Crippen molar-refractivity contribution in [1.29, 1.82) is 5.26 Å². The van der Waals surface area contributed by atoms with E-state index in [4.69, 9.17) is 9.47 Å². The van der Waals surface area contributed by atoms with E-state index in [9.17, 15) is 31.6 Å². The molecule has 40 heavy (non-hydrogen) atoms. The average molecular weight is 576 g/mol. The molecule has 0 radical (unpaired) electrons. The van der Waals surface area contributed by atoms with Gasteiger partial charge in [0.05, 0.1) is 29.2 Å². The van der Waals surface area contributed by atoms with Gasteiger partial charge in [0, 0.05) is 11.9 Å². The minimum absolute atomic E-state index is 0.0192. The van der Waals surface area contributed by atoms with Gasteiger partial charge in [-0.1, -0.05) is 6.07 Å². The van der Waals surface area contributed by atoms with Crippen molar-refractivity contribution >= 4 is 21.4 Å². The second kappa shape index (κ2) is 10.4. The molecule has 1 aliphatic rings. The van der Waals surface area contributed by atoms with Crippen LogP contribution in [-0.4, -0.2) is 42.9 Å². The van der Waals surface area contributed by atoms with Crippen LogP contribution in [0.5, 0.6) is 17.5 Å². The van der Waals surface area contributed by atoms with Gasteiger partial charge < -0.3 is 14.8 Å². The molecule has 1 aromatic carbocycles. The van der Waals surface area contributed by atoms with E-state index in [1.165, 1.54) is 31.4 Å². The number of aromatic nitrogens is 3. The lowest BCUT2D eigenvalue weighted by Crippen LogP contribution is -2.33. The van der Waals surface area contributed by atoms with Gasteiger partial charge in [0.25, 0.3) is 17.7 Å². The number of halogens is 3. The number of ether oxygens (including phenoxy) is 2. The molecule has 2 aromatic heterocycles. The number of aryl methyl sites for hydroxylation is 1. The Balaban J connectivity index is 1.80. The highest BCUT2D eigenvalue weighted by atomic mass is 32.2. The van der Waals surface area contributed by atoms with E-state index in [1.54, 1.807) is 13.0 Å². The Bertz CT molecular complexity index is 1650. The molecule has 0 unspecified atom stereocenters. The predicted octanol–water partition coefficient (Wildman–Crippen LogP) is 4.91. The number of sulfone groups is 1. The fourth-order valence-electron chi connectivity index (χ4n) is 4.30. The van der Waals surface area contributed by atoms with Crippen LogP contribution in [0.4, 0.5) is 18.9 Å². The molecule has 1 aliphatic carbocycles. The molecule has 2 heterocycles. The summed E-state index contributed by atoms with van der Waals surface area (Å²) in [5, 5.41) is 18.9. The molecule has 0 bridgehead atoms. The number of rotatable bonds is 7. The summed E-state index contributed by atoms with van der Waals surface area (Å²) in [6.07, 6.45) is -1.85. The Labute approximate surface area is 228 Å². The second-order valence-corrected chi connectivity index (χ2v) is 11.4. The maximum absolute atomic E-state index is 13.7. The highest BCUT2D eigenvalue weighted by Gasteiger charge is 2.42. The number of anilines is 1. The van der Waals surface area contributed by atoms with Crippen LogP contribution in [0.1, 0.15) is 52.1 Å². The number of nitriles is 1. The van der Waals surface area contributed by atoms with Gasteiger partial charge in [0.15, 0.2) is 21.3 Å². The fraction of sp³-hybridized carbons (Fsp3) is 0.346. The van der Waals surface area contributed by atoms with Crippen LogP contribution in [0.2, 0.25) is 0 Å².